The fraction of sp³-hybridized carbons (Fsp3) is 0.769. The largest absolute Gasteiger partial charge is 0.493 e. The molecule has 0 fully saturated rings. The van der Waals surface area contributed by atoms with Gasteiger partial charge in [0.1, 0.15) is 5.69 Å². The molecule has 0 saturated carbocycles. The Morgan fingerprint density at radius 2 is 2.06 bits per heavy atom. The van der Waals surface area contributed by atoms with E-state index in [-0.39, 0.29) is 18.1 Å². The maximum Gasteiger partial charge on any atom is 0.163 e. The number of halogens is 1. The minimum absolute atomic E-state index is 0.108. The molecule has 0 radical (unpaired) electrons. The molecule has 0 aromatic carbocycles. The van der Waals surface area contributed by atoms with E-state index in [1.807, 2.05) is 34.6 Å². The van der Waals surface area contributed by atoms with Crippen molar-refractivity contribution in [1.29, 1.82) is 0 Å². The zero-order valence-electron chi connectivity index (χ0n) is 12.1. The normalized spacial score (nSPS) is 14.0. The van der Waals surface area contributed by atoms with Gasteiger partial charge in [0.25, 0.3) is 0 Å². The maximum absolute atomic E-state index is 14.4. The topological polar surface area (TPSA) is 39.1 Å². The molecule has 0 aliphatic heterocycles. The third kappa shape index (κ3) is 3.70. The molecule has 1 unspecified atom stereocenters. The summed E-state index contributed by atoms with van der Waals surface area (Å²) >= 11 is 0. The monoisotopic (exact) mass is 257 g/mol. The van der Waals surface area contributed by atoms with Gasteiger partial charge in [-0.1, -0.05) is 0 Å². The van der Waals surface area contributed by atoms with Crippen LogP contribution in [0.3, 0.4) is 0 Å². The van der Waals surface area contributed by atoms with Gasteiger partial charge in [-0.25, -0.2) is 4.39 Å². The summed E-state index contributed by atoms with van der Waals surface area (Å²) in [6.45, 7) is 10.2. The Morgan fingerprint density at radius 3 is 2.50 bits per heavy atom. The number of hydrogen-bond acceptors (Lipinski definition) is 3. The first-order valence-corrected chi connectivity index (χ1v) is 6.26. The summed E-state index contributed by atoms with van der Waals surface area (Å²) in [5, 5.41) is 7.33. The van der Waals surface area contributed by atoms with Gasteiger partial charge in [-0.2, -0.15) is 5.10 Å². The van der Waals surface area contributed by atoms with Crippen LogP contribution in [0, 0.1) is 0 Å². The van der Waals surface area contributed by atoms with Gasteiger partial charge >= 0.3 is 0 Å². The first-order chi connectivity index (χ1) is 8.26. The van der Waals surface area contributed by atoms with Crippen molar-refractivity contribution in [3.8, 4) is 5.75 Å². The summed E-state index contributed by atoms with van der Waals surface area (Å²) < 4.78 is 21.2. The molecule has 1 heterocycles. The molecule has 0 amide bonds. The van der Waals surface area contributed by atoms with Gasteiger partial charge < -0.3 is 10.1 Å². The quantitative estimate of drug-likeness (QED) is 0.881. The van der Waals surface area contributed by atoms with Gasteiger partial charge in [0, 0.05) is 18.1 Å². The smallest absolute Gasteiger partial charge is 0.163 e. The maximum atomic E-state index is 14.4. The first kappa shape index (κ1) is 15.0. The Hall–Kier alpha value is -1.10. The molecule has 0 aliphatic carbocycles. The Kier molecular flexibility index (Phi) is 4.73. The summed E-state index contributed by atoms with van der Waals surface area (Å²) in [6, 6.07) is 0.108. The number of nitrogens with one attached hydrogen (secondary N) is 1. The molecule has 18 heavy (non-hydrogen) atoms. The fourth-order valence-corrected chi connectivity index (χ4v) is 1.72. The van der Waals surface area contributed by atoms with Gasteiger partial charge in [-0.05, 0) is 34.6 Å². The number of rotatable bonds is 5. The second kappa shape index (κ2) is 5.69. The summed E-state index contributed by atoms with van der Waals surface area (Å²) in [5.41, 5.74) is 0.393. The molecule has 4 nitrogen and oxygen atoms in total. The summed E-state index contributed by atoms with van der Waals surface area (Å²) in [6.07, 6.45) is 0.433. The minimum Gasteiger partial charge on any atom is -0.493 e. The molecule has 0 saturated heterocycles. The zero-order chi connectivity index (χ0) is 13.9. The van der Waals surface area contributed by atoms with Crippen LogP contribution in [0.5, 0.6) is 5.75 Å². The number of hydrogen-bond donors (Lipinski definition) is 1. The molecule has 1 rings (SSSR count). The molecule has 1 atom stereocenters. The van der Waals surface area contributed by atoms with Gasteiger partial charge in [-0.15, -0.1) is 0 Å². The van der Waals surface area contributed by atoms with E-state index in [4.69, 9.17) is 4.74 Å². The van der Waals surface area contributed by atoms with Crippen LogP contribution < -0.4 is 10.1 Å². The van der Waals surface area contributed by atoms with Crippen molar-refractivity contribution in [2.75, 3.05) is 13.7 Å². The van der Waals surface area contributed by atoms with Crippen molar-refractivity contribution >= 4 is 0 Å². The number of ether oxygens (including phenoxy) is 1. The van der Waals surface area contributed by atoms with E-state index in [0.717, 1.165) is 0 Å². The van der Waals surface area contributed by atoms with Gasteiger partial charge in [0.05, 0.1) is 13.3 Å². The summed E-state index contributed by atoms with van der Waals surface area (Å²) in [5.74, 6) is 0.506. The molecule has 5 heteroatoms. The van der Waals surface area contributed by atoms with E-state index in [1.54, 1.807) is 10.9 Å². The predicted octanol–water partition coefficient (Wildman–Crippen LogP) is 2.87. The van der Waals surface area contributed by atoms with Crippen LogP contribution in [0.2, 0.25) is 0 Å². The molecular formula is C13H24FN3O. The predicted molar refractivity (Wildman–Crippen MR) is 70.8 cm³/mol. The SMILES string of the molecule is COc1cnn(C(C)C)c1C(F)CNC(C)(C)C. The fourth-order valence-electron chi connectivity index (χ4n) is 1.72. The van der Waals surface area contributed by atoms with Crippen LogP contribution >= 0.6 is 0 Å². The van der Waals surface area contributed by atoms with E-state index >= 15 is 0 Å². The van der Waals surface area contributed by atoms with Crippen LogP contribution in [0.4, 0.5) is 4.39 Å². The van der Waals surface area contributed by atoms with Crippen molar-refractivity contribution in [2.45, 2.75) is 52.4 Å². The molecule has 1 N–H and O–H groups in total. The van der Waals surface area contributed by atoms with Crippen LogP contribution in [0.25, 0.3) is 0 Å². The number of alkyl halides is 1. The van der Waals surface area contributed by atoms with Gasteiger partial charge in [0.15, 0.2) is 11.9 Å². The lowest BCUT2D eigenvalue weighted by Gasteiger charge is -2.23. The molecule has 0 aliphatic rings. The number of methoxy groups -OCH3 is 1. The van der Waals surface area contributed by atoms with Crippen molar-refractivity contribution in [3.05, 3.63) is 11.9 Å². The standard InChI is InChI=1S/C13H24FN3O/c1-9(2)17-12(11(18-6)8-16-17)10(14)7-15-13(3,4)5/h8-10,15H,7H2,1-6H3. The Balaban J connectivity index is 2.89. The molecular weight excluding hydrogens is 233 g/mol. The van der Waals surface area contributed by atoms with Crippen molar-refractivity contribution in [3.63, 3.8) is 0 Å². The second-order valence-corrected chi connectivity index (χ2v) is 5.73. The highest BCUT2D eigenvalue weighted by molar-refractivity contribution is 5.28. The van der Waals surface area contributed by atoms with Crippen LogP contribution in [0.15, 0.2) is 6.20 Å². The number of nitrogens with zero attached hydrogens (tertiary/aromatic N) is 2. The highest BCUT2D eigenvalue weighted by Crippen LogP contribution is 2.29. The molecule has 0 spiro atoms. The van der Waals surface area contributed by atoms with Crippen molar-refractivity contribution in [2.24, 2.45) is 0 Å². The van der Waals surface area contributed by atoms with Crippen LogP contribution in [-0.2, 0) is 0 Å². The van der Waals surface area contributed by atoms with E-state index < -0.39 is 6.17 Å². The molecule has 104 valence electrons. The van der Waals surface area contributed by atoms with Gasteiger partial charge in [0.2, 0.25) is 0 Å². The van der Waals surface area contributed by atoms with E-state index in [2.05, 4.69) is 10.4 Å². The lowest BCUT2D eigenvalue weighted by Crippen LogP contribution is -2.38. The highest BCUT2D eigenvalue weighted by Gasteiger charge is 2.24. The van der Waals surface area contributed by atoms with Crippen LogP contribution in [0.1, 0.15) is 52.5 Å². The summed E-state index contributed by atoms with van der Waals surface area (Å²) in [4.78, 5) is 0. The Bertz CT molecular complexity index is 382. The first-order valence-electron chi connectivity index (χ1n) is 6.26. The van der Waals surface area contributed by atoms with Crippen LogP contribution in [-0.4, -0.2) is 29.0 Å². The zero-order valence-corrected chi connectivity index (χ0v) is 12.1. The van der Waals surface area contributed by atoms with E-state index in [9.17, 15) is 4.39 Å². The molecule has 1 aromatic heterocycles. The average Bonchev–Trinajstić information content (AvgIpc) is 2.68. The highest BCUT2D eigenvalue weighted by atomic mass is 19.1. The lowest BCUT2D eigenvalue weighted by molar-refractivity contribution is 0.263. The van der Waals surface area contributed by atoms with Gasteiger partial charge in [-0.3, -0.25) is 4.68 Å². The van der Waals surface area contributed by atoms with Crippen molar-refractivity contribution < 1.29 is 9.13 Å². The van der Waals surface area contributed by atoms with E-state index in [0.29, 0.717) is 11.4 Å². The third-order valence-corrected chi connectivity index (χ3v) is 2.62. The number of aromatic nitrogens is 2. The molecule has 0 bridgehead atoms. The average molecular weight is 257 g/mol. The molecule has 1 aromatic rings. The Morgan fingerprint density at radius 1 is 1.44 bits per heavy atom. The van der Waals surface area contributed by atoms with Crippen molar-refractivity contribution in [1.82, 2.24) is 15.1 Å². The second-order valence-electron chi connectivity index (χ2n) is 5.73. The lowest BCUT2D eigenvalue weighted by atomic mass is 10.1. The third-order valence-electron chi connectivity index (χ3n) is 2.62. The minimum atomic E-state index is -1.14. The summed E-state index contributed by atoms with van der Waals surface area (Å²) in [7, 11) is 1.54. The van der Waals surface area contributed by atoms with E-state index in [1.165, 1.54) is 7.11 Å². The Labute approximate surface area is 109 Å².